The maximum Gasteiger partial charge on any atom is 0.411 e. The Bertz CT molecular complexity index is 800. The van der Waals surface area contributed by atoms with E-state index in [2.05, 4.69) is 9.97 Å². The van der Waals surface area contributed by atoms with Crippen molar-refractivity contribution in [2.45, 2.75) is 18.2 Å². The number of hydrogen-bond acceptors (Lipinski definition) is 3. The van der Waals surface area contributed by atoms with Crippen LogP contribution in [0, 0.1) is 5.82 Å². The fraction of sp³-hybridized carbons (Fsp3) is 0.200. The fourth-order valence-electron chi connectivity index (χ4n) is 2.88. The van der Waals surface area contributed by atoms with Crippen molar-refractivity contribution >= 4 is 0 Å². The Morgan fingerprint density at radius 2 is 1.37 bits per heavy atom. The molecule has 0 saturated heterocycles. The van der Waals surface area contributed by atoms with Gasteiger partial charge in [-0.3, -0.25) is 9.97 Å². The van der Waals surface area contributed by atoms with Crippen molar-refractivity contribution in [1.29, 1.82) is 0 Å². The minimum absolute atomic E-state index is 0.429. The molecule has 0 aliphatic carbocycles. The van der Waals surface area contributed by atoms with Gasteiger partial charge in [0.15, 0.2) is 0 Å². The van der Waals surface area contributed by atoms with Gasteiger partial charge in [-0.1, -0.05) is 24.3 Å². The van der Waals surface area contributed by atoms with Gasteiger partial charge in [0.05, 0.1) is 6.10 Å². The molecule has 2 aromatic heterocycles. The summed E-state index contributed by atoms with van der Waals surface area (Å²) in [5.41, 5.74) is 1.77. The molecule has 0 N–H and O–H groups in total. The molecule has 0 spiro atoms. The highest BCUT2D eigenvalue weighted by atomic mass is 19.4. The van der Waals surface area contributed by atoms with Gasteiger partial charge in [-0.05, 0) is 41.0 Å². The van der Waals surface area contributed by atoms with E-state index in [0.29, 0.717) is 16.7 Å². The van der Waals surface area contributed by atoms with Gasteiger partial charge in [-0.15, -0.1) is 0 Å². The number of pyridine rings is 2. The van der Waals surface area contributed by atoms with E-state index in [0.717, 1.165) is 0 Å². The number of alkyl halides is 3. The van der Waals surface area contributed by atoms with Crippen LogP contribution in [0.3, 0.4) is 0 Å². The first-order valence-corrected chi connectivity index (χ1v) is 8.18. The Kier molecular flexibility index (Phi) is 5.81. The molecule has 0 aliphatic rings. The molecule has 1 aromatic carbocycles. The van der Waals surface area contributed by atoms with Crippen molar-refractivity contribution in [2.75, 3.05) is 6.61 Å². The van der Waals surface area contributed by atoms with Crippen LogP contribution in [0.2, 0.25) is 0 Å². The topological polar surface area (TPSA) is 35.0 Å². The smallest absolute Gasteiger partial charge is 0.363 e. The summed E-state index contributed by atoms with van der Waals surface area (Å²) in [5, 5.41) is 0. The Hall–Kier alpha value is -2.80. The lowest BCUT2D eigenvalue weighted by Crippen LogP contribution is -2.24. The number of halogens is 4. The summed E-state index contributed by atoms with van der Waals surface area (Å²) in [6.07, 6.45) is 0.810. The molecule has 27 heavy (non-hydrogen) atoms. The second kappa shape index (κ2) is 8.26. The summed E-state index contributed by atoms with van der Waals surface area (Å²) >= 11 is 0. The van der Waals surface area contributed by atoms with Crippen LogP contribution in [-0.4, -0.2) is 22.8 Å². The van der Waals surface area contributed by atoms with Crippen molar-refractivity contribution in [3.8, 4) is 0 Å². The van der Waals surface area contributed by atoms with Crippen molar-refractivity contribution in [3.05, 3.63) is 95.8 Å². The van der Waals surface area contributed by atoms with Crippen LogP contribution >= 0.6 is 0 Å². The van der Waals surface area contributed by atoms with Crippen LogP contribution in [-0.2, 0) is 4.74 Å². The van der Waals surface area contributed by atoms with Gasteiger partial charge < -0.3 is 4.74 Å². The highest BCUT2D eigenvalue weighted by Gasteiger charge is 2.34. The molecular formula is C20H16F4N2O. The van der Waals surface area contributed by atoms with Crippen LogP contribution in [0.5, 0.6) is 0 Å². The summed E-state index contributed by atoms with van der Waals surface area (Å²) < 4.78 is 57.2. The molecule has 0 amide bonds. The standard InChI is InChI=1S/C20H16F4N2O/c21-17-7-5-14(6-8-17)19(27-13-20(22,23)24)18(15-3-1-9-25-11-15)16-4-2-10-26-12-16/h1-12,18-19H,13H2. The van der Waals surface area contributed by atoms with Gasteiger partial charge in [-0.2, -0.15) is 13.2 Å². The van der Waals surface area contributed by atoms with E-state index in [1.807, 2.05) is 0 Å². The van der Waals surface area contributed by atoms with E-state index in [9.17, 15) is 17.6 Å². The van der Waals surface area contributed by atoms with Crippen molar-refractivity contribution in [2.24, 2.45) is 0 Å². The number of hydrogen-bond donors (Lipinski definition) is 0. The van der Waals surface area contributed by atoms with Gasteiger partial charge in [0.1, 0.15) is 12.4 Å². The van der Waals surface area contributed by atoms with E-state index in [1.165, 1.54) is 24.3 Å². The maximum atomic E-state index is 13.3. The summed E-state index contributed by atoms with van der Waals surface area (Å²) in [5.74, 6) is -1.08. The Labute approximate surface area is 153 Å². The highest BCUT2D eigenvalue weighted by molar-refractivity contribution is 5.35. The van der Waals surface area contributed by atoms with E-state index in [1.54, 1.807) is 49.1 Å². The fourth-order valence-corrected chi connectivity index (χ4v) is 2.88. The molecule has 0 bridgehead atoms. The summed E-state index contributed by atoms with van der Waals surface area (Å²) in [6.45, 7) is -1.42. The highest BCUT2D eigenvalue weighted by Crippen LogP contribution is 2.39. The first-order valence-electron chi connectivity index (χ1n) is 8.18. The molecule has 0 aliphatic heterocycles. The monoisotopic (exact) mass is 376 g/mol. The molecule has 7 heteroatoms. The number of nitrogens with zero attached hydrogens (tertiary/aromatic N) is 2. The number of ether oxygens (including phenoxy) is 1. The van der Waals surface area contributed by atoms with Crippen molar-refractivity contribution in [3.63, 3.8) is 0 Å². The van der Waals surface area contributed by atoms with Crippen molar-refractivity contribution in [1.82, 2.24) is 9.97 Å². The summed E-state index contributed by atoms with van der Waals surface area (Å²) in [6, 6.07) is 12.2. The summed E-state index contributed by atoms with van der Waals surface area (Å²) in [4.78, 5) is 8.14. The van der Waals surface area contributed by atoms with Gasteiger partial charge >= 0.3 is 6.18 Å². The Morgan fingerprint density at radius 3 is 1.81 bits per heavy atom. The Morgan fingerprint density at radius 1 is 0.815 bits per heavy atom. The van der Waals surface area contributed by atoms with E-state index in [4.69, 9.17) is 4.74 Å². The zero-order valence-electron chi connectivity index (χ0n) is 14.1. The zero-order valence-corrected chi connectivity index (χ0v) is 14.1. The molecule has 1 unspecified atom stereocenters. The van der Waals surface area contributed by atoms with Crippen LogP contribution in [0.1, 0.15) is 28.7 Å². The molecular weight excluding hydrogens is 360 g/mol. The Balaban J connectivity index is 2.07. The maximum absolute atomic E-state index is 13.3. The van der Waals surface area contributed by atoms with Crippen LogP contribution in [0.15, 0.2) is 73.3 Å². The first kappa shape index (κ1) is 19.0. The van der Waals surface area contributed by atoms with E-state index < -0.39 is 30.6 Å². The number of aromatic nitrogens is 2. The lowest BCUT2D eigenvalue weighted by Gasteiger charge is -2.28. The third kappa shape index (κ3) is 5.10. The largest absolute Gasteiger partial charge is 0.411 e. The van der Waals surface area contributed by atoms with Gasteiger partial charge in [0, 0.05) is 30.7 Å². The summed E-state index contributed by atoms with van der Waals surface area (Å²) in [7, 11) is 0. The second-order valence-corrected chi connectivity index (χ2v) is 5.95. The lowest BCUT2D eigenvalue weighted by atomic mass is 9.85. The predicted molar refractivity (Wildman–Crippen MR) is 91.5 cm³/mol. The van der Waals surface area contributed by atoms with Gasteiger partial charge in [-0.25, -0.2) is 4.39 Å². The molecule has 0 radical (unpaired) electrons. The molecule has 140 valence electrons. The van der Waals surface area contributed by atoms with E-state index >= 15 is 0 Å². The predicted octanol–water partition coefficient (Wildman–Crippen LogP) is 5.07. The average Bonchev–Trinajstić information content (AvgIpc) is 2.66. The minimum Gasteiger partial charge on any atom is -0.363 e. The van der Waals surface area contributed by atoms with Crippen molar-refractivity contribution < 1.29 is 22.3 Å². The van der Waals surface area contributed by atoms with Crippen LogP contribution in [0.25, 0.3) is 0 Å². The lowest BCUT2D eigenvalue weighted by molar-refractivity contribution is -0.187. The molecule has 3 aromatic rings. The SMILES string of the molecule is Fc1ccc(C(OCC(F)(F)F)C(c2cccnc2)c2cccnc2)cc1. The van der Waals surface area contributed by atoms with Crippen LogP contribution < -0.4 is 0 Å². The second-order valence-electron chi connectivity index (χ2n) is 5.95. The van der Waals surface area contributed by atoms with E-state index in [-0.39, 0.29) is 0 Å². The number of benzene rings is 1. The zero-order chi connectivity index (χ0) is 19.3. The molecule has 2 heterocycles. The molecule has 0 saturated carbocycles. The molecule has 3 rings (SSSR count). The average molecular weight is 376 g/mol. The third-order valence-corrected chi connectivity index (χ3v) is 4.01. The molecule has 0 fully saturated rings. The quantitative estimate of drug-likeness (QED) is 0.564. The number of rotatable bonds is 6. The van der Waals surface area contributed by atoms with Gasteiger partial charge in [0.25, 0.3) is 0 Å². The molecule has 3 nitrogen and oxygen atoms in total. The normalized spacial score (nSPS) is 12.9. The van der Waals surface area contributed by atoms with Crippen LogP contribution in [0.4, 0.5) is 17.6 Å². The van der Waals surface area contributed by atoms with Gasteiger partial charge in [0.2, 0.25) is 0 Å². The first-order chi connectivity index (χ1) is 12.9. The molecule has 1 atom stereocenters. The third-order valence-electron chi connectivity index (χ3n) is 4.01. The minimum atomic E-state index is -4.49.